The van der Waals surface area contributed by atoms with Gasteiger partial charge in [-0.05, 0) is 11.4 Å². The fourth-order valence-electron chi connectivity index (χ4n) is 3.13. The number of aliphatic carboxylic acids is 1. The van der Waals surface area contributed by atoms with Gasteiger partial charge < -0.3 is 20.2 Å². The summed E-state index contributed by atoms with van der Waals surface area (Å²) in [5.41, 5.74) is -0.147. The van der Waals surface area contributed by atoms with Crippen LogP contribution in [0, 0.1) is 0 Å². The van der Waals surface area contributed by atoms with E-state index in [0.29, 0.717) is 44.6 Å². The molecule has 1 spiro atoms. The van der Waals surface area contributed by atoms with Gasteiger partial charge >= 0.3 is 5.97 Å². The van der Waals surface area contributed by atoms with Crippen molar-refractivity contribution in [2.45, 2.75) is 44.2 Å². The number of hydrogen-bond acceptors (Lipinski definition) is 6. The summed E-state index contributed by atoms with van der Waals surface area (Å²) < 4.78 is 0. The molecule has 0 unspecified atom stereocenters. The van der Waals surface area contributed by atoms with Crippen molar-refractivity contribution in [3.8, 4) is 0 Å². The van der Waals surface area contributed by atoms with Crippen molar-refractivity contribution in [1.29, 1.82) is 0 Å². The van der Waals surface area contributed by atoms with E-state index in [1.165, 1.54) is 0 Å². The largest absolute Gasteiger partial charge is 0.481 e. The third kappa shape index (κ3) is 4.40. The van der Waals surface area contributed by atoms with Gasteiger partial charge in [-0.1, -0.05) is 11.2 Å². The Hall–Kier alpha value is -2.42. The van der Waals surface area contributed by atoms with E-state index in [4.69, 9.17) is 9.94 Å². The third-order valence-electron chi connectivity index (χ3n) is 4.68. The molecule has 0 aliphatic carbocycles. The number of carbonyl (C=O) groups is 3. The molecule has 1 aromatic heterocycles. The van der Waals surface area contributed by atoms with Crippen LogP contribution in [0.15, 0.2) is 22.7 Å². The first-order valence-electron chi connectivity index (χ1n) is 8.53. The van der Waals surface area contributed by atoms with E-state index in [2.05, 4.69) is 10.5 Å². The predicted molar refractivity (Wildman–Crippen MR) is 94.7 cm³/mol. The lowest BCUT2D eigenvalue weighted by atomic mass is 9.86. The number of nitrogens with one attached hydrogen (secondary N) is 1. The summed E-state index contributed by atoms with van der Waals surface area (Å²) >= 11 is 1.58. The lowest BCUT2D eigenvalue weighted by Crippen LogP contribution is -2.47. The number of rotatable bonds is 6. The number of oxime groups is 1. The Morgan fingerprint density at radius 3 is 2.73 bits per heavy atom. The zero-order valence-corrected chi connectivity index (χ0v) is 15.1. The number of nitrogens with zero attached hydrogens (tertiary/aromatic N) is 2. The van der Waals surface area contributed by atoms with Crippen molar-refractivity contribution in [2.24, 2.45) is 5.16 Å². The molecule has 1 fully saturated rings. The highest BCUT2D eigenvalue weighted by atomic mass is 32.1. The Morgan fingerprint density at radius 2 is 2.08 bits per heavy atom. The molecule has 3 heterocycles. The van der Waals surface area contributed by atoms with E-state index in [-0.39, 0.29) is 24.7 Å². The minimum Gasteiger partial charge on any atom is -0.481 e. The topological polar surface area (TPSA) is 108 Å². The van der Waals surface area contributed by atoms with Crippen molar-refractivity contribution in [2.75, 3.05) is 13.1 Å². The Bertz CT molecular complexity index is 708. The number of thiophene rings is 1. The van der Waals surface area contributed by atoms with Gasteiger partial charge in [0.05, 0.1) is 13.0 Å². The molecule has 9 heteroatoms. The summed E-state index contributed by atoms with van der Waals surface area (Å²) in [6.45, 7) is 1.44. The predicted octanol–water partition coefficient (Wildman–Crippen LogP) is 1.37. The number of piperidine rings is 1. The van der Waals surface area contributed by atoms with E-state index in [0.717, 1.165) is 4.88 Å². The fourth-order valence-corrected chi connectivity index (χ4v) is 3.77. The standard InChI is InChI=1S/C17H21N3O5S/c21-14(3-4-15(22)23)20-7-5-17(6-8-20)10-13(19-25-17)16(24)18-11-12-2-1-9-26-12/h1-2,9H,3-8,10-11H2,(H,18,24)(H,22,23). The minimum atomic E-state index is -0.974. The first kappa shape index (κ1) is 18.4. The summed E-state index contributed by atoms with van der Waals surface area (Å²) in [4.78, 5) is 43.1. The normalized spacial score (nSPS) is 18.3. The van der Waals surface area contributed by atoms with Crippen LogP contribution >= 0.6 is 11.3 Å². The van der Waals surface area contributed by atoms with Gasteiger partial charge in [0.15, 0.2) is 0 Å². The minimum absolute atomic E-state index is 0.00999. The highest BCUT2D eigenvalue weighted by molar-refractivity contribution is 7.09. The Kier molecular flexibility index (Phi) is 5.55. The van der Waals surface area contributed by atoms with Gasteiger partial charge in [0.2, 0.25) is 5.91 Å². The maximum Gasteiger partial charge on any atom is 0.303 e. The van der Waals surface area contributed by atoms with Crippen LogP contribution in [0.3, 0.4) is 0 Å². The molecular formula is C17H21N3O5S. The van der Waals surface area contributed by atoms with Crippen LogP contribution < -0.4 is 5.32 Å². The third-order valence-corrected chi connectivity index (χ3v) is 5.56. The first-order valence-corrected chi connectivity index (χ1v) is 9.41. The maximum atomic E-state index is 12.3. The summed E-state index contributed by atoms with van der Waals surface area (Å²) in [5, 5.41) is 17.4. The van der Waals surface area contributed by atoms with Crippen molar-refractivity contribution >= 4 is 34.8 Å². The van der Waals surface area contributed by atoms with Gasteiger partial charge in [0.1, 0.15) is 11.3 Å². The van der Waals surface area contributed by atoms with Crippen LogP contribution in [-0.2, 0) is 25.8 Å². The number of hydrogen-bond donors (Lipinski definition) is 2. The number of carbonyl (C=O) groups excluding carboxylic acids is 2. The molecule has 0 saturated carbocycles. The molecule has 0 aromatic carbocycles. The van der Waals surface area contributed by atoms with Crippen molar-refractivity contribution < 1.29 is 24.3 Å². The smallest absolute Gasteiger partial charge is 0.303 e. The molecule has 2 amide bonds. The van der Waals surface area contributed by atoms with Crippen LogP contribution in [0.25, 0.3) is 0 Å². The van der Waals surface area contributed by atoms with Crippen LogP contribution in [0.2, 0.25) is 0 Å². The molecule has 1 aromatic rings. The van der Waals surface area contributed by atoms with Crippen molar-refractivity contribution in [3.05, 3.63) is 22.4 Å². The summed E-state index contributed by atoms with van der Waals surface area (Å²) in [6, 6.07) is 3.89. The van der Waals surface area contributed by atoms with Gasteiger partial charge in [-0.15, -0.1) is 11.3 Å². The van der Waals surface area contributed by atoms with Gasteiger partial charge in [-0.25, -0.2) is 0 Å². The van der Waals surface area contributed by atoms with E-state index in [1.54, 1.807) is 16.2 Å². The van der Waals surface area contributed by atoms with Crippen LogP contribution in [0.5, 0.6) is 0 Å². The highest BCUT2D eigenvalue weighted by Crippen LogP contribution is 2.34. The lowest BCUT2D eigenvalue weighted by Gasteiger charge is -2.37. The molecule has 2 aliphatic heterocycles. The van der Waals surface area contributed by atoms with Crippen LogP contribution in [0.1, 0.15) is 37.0 Å². The van der Waals surface area contributed by atoms with Gasteiger partial charge in [-0.3, -0.25) is 14.4 Å². The second-order valence-corrected chi connectivity index (χ2v) is 7.56. The molecule has 3 rings (SSSR count). The monoisotopic (exact) mass is 379 g/mol. The second-order valence-electron chi connectivity index (χ2n) is 6.53. The molecule has 2 N–H and O–H groups in total. The van der Waals surface area contributed by atoms with Gasteiger partial charge in [0.25, 0.3) is 5.91 Å². The number of carboxylic acids is 1. The average molecular weight is 379 g/mol. The highest BCUT2D eigenvalue weighted by Gasteiger charge is 2.44. The quantitative estimate of drug-likeness (QED) is 0.776. The van der Waals surface area contributed by atoms with E-state index in [1.807, 2.05) is 17.5 Å². The van der Waals surface area contributed by atoms with E-state index < -0.39 is 11.6 Å². The van der Waals surface area contributed by atoms with Gasteiger partial charge in [0, 0.05) is 43.6 Å². The Labute approximate surface area is 154 Å². The fraction of sp³-hybridized carbons (Fsp3) is 0.529. The van der Waals surface area contributed by atoms with E-state index >= 15 is 0 Å². The molecule has 1 saturated heterocycles. The van der Waals surface area contributed by atoms with Crippen LogP contribution in [-0.4, -0.2) is 52.2 Å². The molecule has 8 nitrogen and oxygen atoms in total. The Morgan fingerprint density at radius 1 is 1.31 bits per heavy atom. The SMILES string of the molecule is O=C(O)CCC(=O)N1CCC2(CC1)CC(C(=O)NCc1cccs1)=NO2. The van der Waals surface area contributed by atoms with Crippen molar-refractivity contribution in [3.63, 3.8) is 0 Å². The molecule has 2 aliphatic rings. The lowest BCUT2D eigenvalue weighted by molar-refractivity contribution is -0.143. The average Bonchev–Trinajstić information content (AvgIpc) is 3.29. The molecule has 0 atom stereocenters. The molecule has 26 heavy (non-hydrogen) atoms. The van der Waals surface area contributed by atoms with E-state index in [9.17, 15) is 14.4 Å². The molecular weight excluding hydrogens is 358 g/mol. The zero-order valence-electron chi connectivity index (χ0n) is 14.3. The molecule has 0 radical (unpaired) electrons. The Balaban J connectivity index is 1.45. The number of amides is 2. The summed E-state index contributed by atoms with van der Waals surface area (Å²) in [6.07, 6.45) is 1.44. The number of likely N-dealkylation sites (tertiary alicyclic amines) is 1. The second kappa shape index (κ2) is 7.86. The summed E-state index contributed by atoms with van der Waals surface area (Å²) in [5.74, 6) is -1.36. The number of carboxylic acid groups (broad SMARTS) is 1. The summed E-state index contributed by atoms with van der Waals surface area (Å²) in [7, 11) is 0. The van der Waals surface area contributed by atoms with Gasteiger partial charge in [-0.2, -0.15) is 0 Å². The molecule has 0 bridgehead atoms. The molecule has 140 valence electrons. The zero-order chi connectivity index (χ0) is 18.6. The first-order chi connectivity index (χ1) is 12.5. The van der Waals surface area contributed by atoms with Crippen LogP contribution in [0.4, 0.5) is 0 Å². The van der Waals surface area contributed by atoms with Crippen molar-refractivity contribution in [1.82, 2.24) is 10.2 Å². The maximum absolute atomic E-state index is 12.3.